The molecule has 6 nitrogen and oxygen atoms in total. The average molecular weight is 497 g/mol. The highest BCUT2D eigenvalue weighted by Crippen LogP contribution is 2.32. The number of H-pyrrole nitrogens is 1. The van der Waals surface area contributed by atoms with Crippen LogP contribution < -0.4 is 15.8 Å². The summed E-state index contributed by atoms with van der Waals surface area (Å²) in [6.45, 7) is 1.37. The fourth-order valence-electron chi connectivity index (χ4n) is 4.26. The smallest absolute Gasteiger partial charge is 0.270 e. The van der Waals surface area contributed by atoms with Crippen molar-refractivity contribution in [1.82, 2.24) is 15.3 Å². The second-order valence-electron chi connectivity index (χ2n) is 8.32. The van der Waals surface area contributed by atoms with Crippen LogP contribution in [0.1, 0.15) is 18.4 Å². The quantitative estimate of drug-likeness (QED) is 0.408. The molecule has 0 bridgehead atoms. The minimum atomic E-state index is -0.414. The summed E-state index contributed by atoms with van der Waals surface area (Å²) < 4.78 is 13.8. The number of anilines is 1. The van der Waals surface area contributed by atoms with E-state index in [0.29, 0.717) is 34.8 Å². The molecular weight excluding hydrogens is 475 g/mol. The van der Waals surface area contributed by atoms with Crippen LogP contribution in [-0.4, -0.2) is 29.0 Å². The average Bonchev–Trinajstić information content (AvgIpc) is 3.29. The van der Waals surface area contributed by atoms with Gasteiger partial charge in [-0.1, -0.05) is 48.0 Å². The summed E-state index contributed by atoms with van der Waals surface area (Å²) in [6, 6.07) is 14.0. The maximum atomic E-state index is 13.3. The molecule has 2 aromatic heterocycles. The molecule has 5 rings (SSSR count). The third kappa shape index (κ3) is 4.56. The van der Waals surface area contributed by atoms with Gasteiger partial charge in [0.1, 0.15) is 10.5 Å². The first kappa shape index (κ1) is 22.6. The van der Waals surface area contributed by atoms with Gasteiger partial charge in [0.15, 0.2) is 0 Å². The number of benzene rings is 2. The number of aromatic amines is 1. The molecule has 0 spiro atoms. The summed E-state index contributed by atoms with van der Waals surface area (Å²) in [7, 11) is 0. The Hall–Kier alpha value is -3.23. The molecule has 1 aliphatic rings. The van der Waals surface area contributed by atoms with Crippen molar-refractivity contribution in [2.24, 2.45) is 5.92 Å². The van der Waals surface area contributed by atoms with E-state index in [2.05, 4.69) is 10.3 Å². The first-order chi connectivity index (χ1) is 16.5. The van der Waals surface area contributed by atoms with Gasteiger partial charge in [0.25, 0.3) is 5.56 Å². The zero-order valence-electron chi connectivity index (χ0n) is 18.2. The minimum absolute atomic E-state index is 0.103. The largest absolute Gasteiger partial charge is 0.352 e. The number of rotatable bonds is 5. The maximum absolute atomic E-state index is 13.3. The van der Waals surface area contributed by atoms with E-state index in [0.717, 1.165) is 24.0 Å². The highest BCUT2D eigenvalue weighted by Gasteiger charge is 2.27. The van der Waals surface area contributed by atoms with E-state index in [1.54, 1.807) is 6.07 Å². The predicted octanol–water partition coefficient (Wildman–Crippen LogP) is 4.98. The normalized spacial score (nSPS) is 16.1. The SMILES string of the molecule is O=C(NCc1ccc(F)cc1Cl)[C@@H]1CCCN(c2nc3c(-c4ccccc4)csc3c(=O)[nH]2)C1. The molecule has 0 aliphatic carbocycles. The molecule has 1 fully saturated rings. The number of amides is 1. The zero-order valence-corrected chi connectivity index (χ0v) is 19.8. The maximum Gasteiger partial charge on any atom is 0.270 e. The molecule has 0 unspecified atom stereocenters. The number of hydrogen-bond donors (Lipinski definition) is 2. The Kier molecular flexibility index (Phi) is 6.34. The third-order valence-electron chi connectivity index (χ3n) is 6.06. The first-order valence-corrected chi connectivity index (χ1v) is 12.3. The van der Waals surface area contributed by atoms with Crippen LogP contribution >= 0.6 is 22.9 Å². The molecule has 1 atom stereocenters. The summed E-state index contributed by atoms with van der Waals surface area (Å²) in [6.07, 6.45) is 1.53. The Bertz CT molecular complexity index is 1410. The van der Waals surface area contributed by atoms with Crippen molar-refractivity contribution in [1.29, 1.82) is 0 Å². The number of piperidine rings is 1. The van der Waals surface area contributed by atoms with E-state index < -0.39 is 5.82 Å². The lowest BCUT2D eigenvalue weighted by Gasteiger charge is -2.32. The Labute approximate surface area is 204 Å². The fraction of sp³-hybridized carbons (Fsp3) is 0.240. The Morgan fingerprint density at radius 1 is 1.26 bits per heavy atom. The van der Waals surface area contributed by atoms with E-state index in [-0.39, 0.29) is 29.0 Å². The zero-order chi connectivity index (χ0) is 23.7. The summed E-state index contributed by atoms with van der Waals surface area (Å²) in [4.78, 5) is 35.3. The van der Waals surface area contributed by atoms with Crippen molar-refractivity contribution in [3.8, 4) is 11.1 Å². The number of nitrogens with one attached hydrogen (secondary N) is 2. The summed E-state index contributed by atoms with van der Waals surface area (Å²) in [5.41, 5.74) is 3.09. The van der Waals surface area contributed by atoms with E-state index in [4.69, 9.17) is 16.6 Å². The standard InChI is InChI=1S/C25H22ClFN4O2S/c26-20-11-18(27)9-8-16(20)12-28-23(32)17-7-4-10-31(13-17)25-29-21-19(15-5-2-1-3-6-15)14-34-22(21)24(33)30-25/h1-3,5-6,8-9,11,14,17H,4,7,10,12-13H2,(H,28,32)(H,29,30,33)/t17-/m1/s1. The highest BCUT2D eigenvalue weighted by molar-refractivity contribution is 7.17. The molecule has 1 saturated heterocycles. The van der Waals surface area contributed by atoms with Crippen molar-refractivity contribution in [2.45, 2.75) is 19.4 Å². The number of halogens is 2. The van der Waals surface area contributed by atoms with Crippen LogP contribution in [0.3, 0.4) is 0 Å². The van der Waals surface area contributed by atoms with Crippen LogP contribution in [0.4, 0.5) is 10.3 Å². The highest BCUT2D eigenvalue weighted by atomic mass is 35.5. The second-order valence-corrected chi connectivity index (χ2v) is 9.61. The van der Waals surface area contributed by atoms with E-state index in [1.807, 2.05) is 40.6 Å². The molecule has 2 aromatic carbocycles. The molecular formula is C25H22ClFN4O2S. The van der Waals surface area contributed by atoms with Crippen LogP contribution in [0.15, 0.2) is 58.7 Å². The van der Waals surface area contributed by atoms with Gasteiger partial charge in [0, 0.05) is 35.6 Å². The van der Waals surface area contributed by atoms with Crippen LogP contribution in [0.5, 0.6) is 0 Å². The predicted molar refractivity (Wildman–Crippen MR) is 134 cm³/mol. The number of fused-ring (bicyclic) bond motifs is 1. The van der Waals surface area contributed by atoms with Gasteiger partial charge in [-0.25, -0.2) is 9.37 Å². The molecule has 4 aromatic rings. The summed E-state index contributed by atoms with van der Waals surface area (Å²) in [5, 5.41) is 5.15. The van der Waals surface area contributed by atoms with Crippen molar-refractivity contribution in [3.63, 3.8) is 0 Å². The molecule has 0 saturated carbocycles. The molecule has 0 radical (unpaired) electrons. The number of thiophene rings is 1. The van der Waals surface area contributed by atoms with Gasteiger partial charge < -0.3 is 10.2 Å². The molecule has 1 amide bonds. The second kappa shape index (κ2) is 9.56. The van der Waals surface area contributed by atoms with E-state index in [1.165, 1.54) is 23.5 Å². The lowest BCUT2D eigenvalue weighted by molar-refractivity contribution is -0.125. The first-order valence-electron chi connectivity index (χ1n) is 11.0. The van der Waals surface area contributed by atoms with Crippen molar-refractivity contribution < 1.29 is 9.18 Å². The van der Waals surface area contributed by atoms with E-state index >= 15 is 0 Å². The van der Waals surface area contributed by atoms with Gasteiger partial charge in [0.2, 0.25) is 11.9 Å². The van der Waals surface area contributed by atoms with Gasteiger partial charge >= 0.3 is 0 Å². The lowest BCUT2D eigenvalue weighted by Crippen LogP contribution is -2.44. The Morgan fingerprint density at radius 2 is 2.09 bits per heavy atom. The number of carbonyl (C=O) groups is 1. The number of nitrogens with zero attached hydrogens (tertiary/aromatic N) is 2. The summed E-state index contributed by atoms with van der Waals surface area (Å²) in [5.74, 6) is -0.297. The van der Waals surface area contributed by atoms with Gasteiger partial charge in [-0.2, -0.15) is 0 Å². The molecule has 2 N–H and O–H groups in total. The lowest BCUT2D eigenvalue weighted by atomic mass is 9.97. The van der Waals surface area contributed by atoms with Crippen molar-refractivity contribution in [2.75, 3.05) is 18.0 Å². The molecule has 9 heteroatoms. The van der Waals surface area contributed by atoms with Crippen LogP contribution in [-0.2, 0) is 11.3 Å². The fourth-order valence-corrected chi connectivity index (χ4v) is 5.41. The van der Waals surface area contributed by atoms with Crippen LogP contribution in [0, 0.1) is 11.7 Å². The third-order valence-corrected chi connectivity index (χ3v) is 7.38. The molecule has 1 aliphatic heterocycles. The van der Waals surface area contributed by atoms with Gasteiger partial charge in [0.05, 0.1) is 11.4 Å². The van der Waals surface area contributed by atoms with Gasteiger partial charge in [-0.05, 0) is 36.1 Å². The number of carbonyl (C=O) groups excluding carboxylic acids is 1. The molecule has 3 heterocycles. The molecule has 174 valence electrons. The van der Waals surface area contributed by atoms with Crippen LogP contribution in [0.2, 0.25) is 5.02 Å². The monoisotopic (exact) mass is 496 g/mol. The topological polar surface area (TPSA) is 78.1 Å². The van der Waals surface area contributed by atoms with Gasteiger partial charge in [-0.15, -0.1) is 11.3 Å². The summed E-state index contributed by atoms with van der Waals surface area (Å²) >= 11 is 7.45. The van der Waals surface area contributed by atoms with Crippen LogP contribution in [0.25, 0.3) is 21.3 Å². The van der Waals surface area contributed by atoms with Crippen molar-refractivity contribution >= 4 is 45.0 Å². The number of aromatic nitrogens is 2. The molecule has 34 heavy (non-hydrogen) atoms. The Morgan fingerprint density at radius 3 is 2.88 bits per heavy atom. The number of hydrogen-bond acceptors (Lipinski definition) is 5. The Balaban J connectivity index is 1.34. The van der Waals surface area contributed by atoms with Gasteiger partial charge in [-0.3, -0.25) is 14.6 Å². The van der Waals surface area contributed by atoms with E-state index in [9.17, 15) is 14.0 Å². The van der Waals surface area contributed by atoms with Crippen molar-refractivity contribution in [3.05, 3.63) is 80.7 Å². The minimum Gasteiger partial charge on any atom is -0.352 e.